The summed E-state index contributed by atoms with van der Waals surface area (Å²) in [5, 5.41) is 3.19. The summed E-state index contributed by atoms with van der Waals surface area (Å²) < 4.78 is 11.6. The number of ether oxygens (including phenoxy) is 2. The van der Waals surface area contributed by atoms with E-state index in [-0.39, 0.29) is 30.3 Å². The topological polar surface area (TPSA) is 50.8 Å². The van der Waals surface area contributed by atoms with Crippen molar-refractivity contribution in [3.8, 4) is 0 Å². The van der Waals surface area contributed by atoms with Crippen LogP contribution in [0.25, 0.3) is 0 Å². The Labute approximate surface area is 129 Å². The van der Waals surface area contributed by atoms with Crippen molar-refractivity contribution in [1.29, 1.82) is 0 Å². The second kappa shape index (κ2) is 8.71. The first-order valence-corrected chi connectivity index (χ1v) is 8.09. The van der Waals surface area contributed by atoms with Crippen LogP contribution in [0.15, 0.2) is 0 Å². The van der Waals surface area contributed by atoms with Crippen LogP contribution in [0.5, 0.6) is 0 Å². The highest BCUT2D eigenvalue weighted by molar-refractivity contribution is 5.79. The van der Waals surface area contributed by atoms with E-state index in [1.807, 2.05) is 46.4 Å². The van der Waals surface area contributed by atoms with Gasteiger partial charge in [-0.2, -0.15) is 0 Å². The first kappa shape index (κ1) is 18.4. The molecule has 5 nitrogen and oxygen atoms in total. The van der Waals surface area contributed by atoms with E-state index < -0.39 is 0 Å². The fraction of sp³-hybridized carbons (Fsp3) is 0.938. The highest BCUT2D eigenvalue weighted by Crippen LogP contribution is 2.22. The van der Waals surface area contributed by atoms with Gasteiger partial charge in [0.25, 0.3) is 0 Å². The van der Waals surface area contributed by atoms with Gasteiger partial charge in [-0.15, -0.1) is 0 Å². The molecule has 21 heavy (non-hydrogen) atoms. The second-order valence-corrected chi connectivity index (χ2v) is 6.66. The molecule has 0 aromatic carbocycles. The highest BCUT2D eigenvalue weighted by Gasteiger charge is 2.36. The normalized spacial score (nSPS) is 22.8. The van der Waals surface area contributed by atoms with Crippen LogP contribution < -0.4 is 5.32 Å². The maximum Gasteiger partial charge on any atom is 0.236 e. The molecule has 1 heterocycles. The quantitative estimate of drug-likeness (QED) is 0.743. The molecule has 1 rings (SSSR count). The highest BCUT2D eigenvalue weighted by atomic mass is 16.5. The van der Waals surface area contributed by atoms with Gasteiger partial charge in [-0.3, -0.25) is 4.79 Å². The molecule has 2 atom stereocenters. The van der Waals surface area contributed by atoms with Crippen LogP contribution in [0, 0.1) is 0 Å². The van der Waals surface area contributed by atoms with Crippen molar-refractivity contribution in [2.24, 2.45) is 0 Å². The van der Waals surface area contributed by atoms with E-state index in [0.29, 0.717) is 25.7 Å². The molecule has 1 aliphatic rings. The Morgan fingerprint density at radius 2 is 1.86 bits per heavy atom. The molecule has 0 saturated carbocycles. The maximum atomic E-state index is 12.4. The fourth-order valence-corrected chi connectivity index (χ4v) is 2.52. The number of carbonyl (C=O) groups is 1. The van der Waals surface area contributed by atoms with Crippen LogP contribution >= 0.6 is 0 Å². The van der Waals surface area contributed by atoms with Gasteiger partial charge in [0.2, 0.25) is 5.91 Å². The van der Waals surface area contributed by atoms with Crippen molar-refractivity contribution < 1.29 is 14.3 Å². The molecule has 1 fully saturated rings. The lowest BCUT2D eigenvalue weighted by molar-refractivity contribution is -0.133. The van der Waals surface area contributed by atoms with Gasteiger partial charge >= 0.3 is 0 Å². The summed E-state index contributed by atoms with van der Waals surface area (Å²) in [7, 11) is 0. The van der Waals surface area contributed by atoms with Crippen molar-refractivity contribution in [2.45, 2.75) is 78.4 Å². The molecular formula is C16H32N2O3. The average Bonchev–Trinajstić information content (AvgIpc) is 2.75. The third-order valence-electron chi connectivity index (χ3n) is 3.44. The standard InChI is InChI=1S/C16H32N2O3/c1-11(2)17-8-16(19)18-9-15(21-13(5)6)7-14(18)10-20-12(3)4/h11-15,17H,7-10H2,1-6H3/t14-,15+/m0/s1. The predicted octanol–water partition coefficient (Wildman–Crippen LogP) is 1.80. The van der Waals surface area contributed by atoms with Crippen LogP contribution in [0.2, 0.25) is 0 Å². The molecular weight excluding hydrogens is 268 g/mol. The lowest BCUT2D eigenvalue weighted by atomic mass is 10.2. The van der Waals surface area contributed by atoms with E-state index in [1.54, 1.807) is 0 Å². The van der Waals surface area contributed by atoms with E-state index in [2.05, 4.69) is 5.32 Å². The molecule has 0 radical (unpaired) electrons. The van der Waals surface area contributed by atoms with E-state index in [0.717, 1.165) is 6.42 Å². The van der Waals surface area contributed by atoms with Crippen LogP contribution in [0.3, 0.4) is 0 Å². The first-order chi connectivity index (χ1) is 9.79. The van der Waals surface area contributed by atoms with Gasteiger partial charge in [0.15, 0.2) is 0 Å². The van der Waals surface area contributed by atoms with Gasteiger partial charge in [0.1, 0.15) is 0 Å². The Hall–Kier alpha value is -0.650. The van der Waals surface area contributed by atoms with E-state index >= 15 is 0 Å². The third kappa shape index (κ3) is 6.76. The number of hydrogen-bond donors (Lipinski definition) is 1. The fourth-order valence-electron chi connectivity index (χ4n) is 2.52. The Balaban J connectivity index is 2.59. The molecule has 1 N–H and O–H groups in total. The monoisotopic (exact) mass is 300 g/mol. The third-order valence-corrected chi connectivity index (χ3v) is 3.44. The number of amides is 1. The first-order valence-electron chi connectivity index (χ1n) is 8.09. The van der Waals surface area contributed by atoms with Gasteiger partial charge in [-0.05, 0) is 34.1 Å². The van der Waals surface area contributed by atoms with E-state index in [9.17, 15) is 4.79 Å². The summed E-state index contributed by atoms with van der Waals surface area (Å²) in [6, 6.07) is 0.433. The summed E-state index contributed by atoms with van der Waals surface area (Å²) >= 11 is 0. The Morgan fingerprint density at radius 3 is 2.38 bits per heavy atom. The van der Waals surface area contributed by atoms with Gasteiger partial charge in [0, 0.05) is 12.6 Å². The van der Waals surface area contributed by atoms with E-state index in [4.69, 9.17) is 9.47 Å². The molecule has 1 amide bonds. The van der Waals surface area contributed by atoms with Crippen molar-refractivity contribution >= 4 is 5.91 Å². The molecule has 0 aromatic rings. The van der Waals surface area contributed by atoms with Gasteiger partial charge in [0.05, 0.1) is 37.5 Å². The molecule has 5 heteroatoms. The number of carbonyl (C=O) groups excluding carboxylic acids is 1. The summed E-state index contributed by atoms with van der Waals surface area (Å²) in [5.41, 5.74) is 0. The lowest BCUT2D eigenvalue weighted by Gasteiger charge is -2.25. The molecule has 0 aliphatic carbocycles. The Bertz CT molecular complexity index is 319. The molecule has 1 saturated heterocycles. The SMILES string of the molecule is CC(C)NCC(=O)N1C[C@H](OC(C)C)C[C@H]1COC(C)C. The minimum Gasteiger partial charge on any atom is -0.377 e. The molecule has 124 valence electrons. The minimum atomic E-state index is 0.119. The molecule has 0 spiro atoms. The molecule has 0 bridgehead atoms. The maximum absolute atomic E-state index is 12.4. The number of likely N-dealkylation sites (tertiary alicyclic amines) is 1. The second-order valence-electron chi connectivity index (χ2n) is 6.66. The minimum absolute atomic E-state index is 0.119. The summed E-state index contributed by atoms with van der Waals surface area (Å²) in [6.45, 7) is 13.8. The van der Waals surface area contributed by atoms with Crippen molar-refractivity contribution in [1.82, 2.24) is 10.2 Å². The zero-order valence-electron chi connectivity index (χ0n) is 14.4. The number of rotatable bonds is 8. The summed E-state index contributed by atoms with van der Waals surface area (Å²) in [6.07, 6.45) is 1.35. The van der Waals surface area contributed by atoms with E-state index in [1.165, 1.54) is 0 Å². The number of hydrogen-bond acceptors (Lipinski definition) is 4. The number of nitrogens with one attached hydrogen (secondary N) is 1. The average molecular weight is 300 g/mol. The van der Waals surface area contributed by atoms with Crippen LogP contribution in [0.1, 0.15) is 48.0 Å². The Kier molecular flexibility index (Phi) is 7.63. The zero-order valence-corrected chi connectivity index (χ0v) is 14.4. The van der Waals surface area contributed by atoms with Gasteiger partial charge in [-0.25, -0.2) is 0 Å². The zero-order chi connectivity index (χ0) is 16.0. The smallest absolute Gasteiger partial charge is 0.236 e. The van der Waals surface area contributed by atoms with Gasteiger partial charge < -0.3 is 19.7 Å². The van der Waals surface area contributed by atoms with Gasteiger partial charge in [-0.1, -0.05) is 13.8 Å². The predicted molar refractivity (Wildman–Crippen MR) is 84.4 cm³/mol. The summed E-state index contributed by atoms with van der Waals surface area (Å²) in [5.74, 6) is 0.135. The largest absolute Gasteiger partial charge is 0.377 e. The van der Waals surface area contributed by atoms with Crippen molar-refractivity contribution in [3.63, 3.8) is 0 Å². The van der Waals surface area contributed by atoms with Crippen LogP contribution in [0.4, 0.5) is 0 Å². The summed E-state index contributed by atoms with van der Waals surface area (Å²) in [4.78, 5) is 14.3. The van der Waals surface area contributed by atoms with Crippen molar-refractivity contribution in [3.05, 3.63) is 0 Å². The van der Waals surface area contributed by atoms with Crippen molar-refractivity contribution in [2.75, 3.05) is 19.7 Å². The van der Waals surface area contributed by atoms with Crippen LogP contribution in [-0.4, -0.2) is 60.9 Å². The number of nitrogens with zero attached hydrogens (tertiary/aromatic N) is 1. The Morgan fingerprint density at radius 1 is 1.19 bits per heavy atom. The molecule has 0 unspecified atom stereocenters. The van der Waals surface area contributed by atoms with Crippen LogP contribution in [-0.2, 0) is 14.3 Å². The lowest BCUT2D eigenvalue weighted by Crippen LogP contribution is -2.44. The molecule has 0 aromatic heterocycles. The molecule has 1 aliphatic heterocycles.